The minimum absolute atomic E-state index is 0.0550. The number of likely N-dealkylation sites (tertiary alicyclic amines) is 1. The number of carbonyl (C=O) groups is 1. The Morgan fingerprint density at radius 2 is 1.88 bits per heavy atom. The van der Waals surface area contributed by atoms with E-state index in [1.807, 2.05) is 31.2 Å². The highest BCUT2D eigenvalue weighted by atomic mass is 32.1. The third kappa shape index (κ3) is 5.58. The molecule has 1 aromatic carbocycles. The zero-order valence-corrected chi connectivity index (χ0v) is 16.3. The maximum absolute atomic E-state index is 12.3. The summed E-state index contributed by atoms with van der Waals surface area (Å²) in [5.74, 6) is 0.660. The summed E-state index contributed by atoms with van der Waals surface area (Å²) in [5.41, 5.74) is 2.48. The van der Waals surface area contributed by atoms with Gasteiger partial charge in [-0.25, -0.2) is 0 Å². The van der Waals surface area contributed by atoms with Gasteiger partial charge in [-0.2, -0.15) is 11.3 Å². The molecule has 0 spiro atoms. The first-order valence-corrected chi connectivity index (χ1v) is 10.4. The summed E-state index contributed by atoms with van der Waals surface area (Å²) in [6.45, 7) is 4.93. The van der Waals surface area contributed by atoms with E-state index in [-0.39, 0.29) is 18.6 Å². The number of benzene rings is 1. The minimum Gasteiger partial charge on any atom is -0.484 e. The molecule has 140 valence electrons. The van der Waals surface area contributed by atoms with E-state index < -0.39 is 0 Å². The predicted octanol–water partition coefficient (Wildman–Crippen LogP) is 4.17. The van der Waals surface area contributed by atoms with Crippen molar-refractivity contribution in [2.45, 2.75) is 38.6 Å². The first kappa shape index (κ1) is 18.9. The van der Waals surface area contributed by atoms with E-state index in [2.05, 4.69) is 27.0 Å². The Balaban J connectivity index is 1.53. The van der Waals surface area contributed by atoms with Gasteiger partial charge in [-0.15, -0.1) is 0 Å². The highest BCUT2D eigenvalue weighted by Crippen LogP contribution is 2.25. The molecule has 3 rings (SSSR count). The van der Waals surface area contributed by atoms with Crippen molar-refractivity contribution in [3.63, 3.8) is 0 Å². The Morgan fingerprint density at radius 1 is 1.15 bits per heavy atom. The summed E-state index contributed by atoms with van der Waals surface area (Å²) in [6, 6.07) is 10.2. The molecule has 1 atom stereocenters. The summed E-state index contributed by atoms with van der Waals surface area (Å²) in [6.07, 6.45) is 5.10. The van der Waals surface area contributed by atoms with Crippen LogP contribution in [0.4, 0.5) is 0 Å². The van der Waals surface area contributed by atoms with Crippen LogP contribution in [0.15, 0.2) is 41.1 Å². The van der Waals surface area contributed by atoms with Crippen molar-refractivity contribution in [2.75, 3.05) is 26.2 Å². The number of aryl methyl sites for hydroxylation is 1. The number of carbonyl (C=O) groups excluding carboxylic acids is 1. The molecule has 1 aromatic heterocycles. The van der Waals surface area contributed by atoms with Crippen LogP contribution in [0, 0.1) is 6.92 Å². The zero-order valence-electron chi connectivity index (χ0n) is 15.4. The van der Waals surface area contributed by atoms with Crippen LogP contribution in [0.2, 0.25) is 0 Å². The van der Waals surface area contributed by atoms with Gasteiger partial charge in [-0.05, 0) is 67.4 Å². The molecule has 0 aliphatic carbocycles. The molecule has 0 saturated carbocycles. The van der Waals surface area contributed by atoms with Crippen LogP contribution in [0.1, 0.15) is 42.9 Å². The van der Waals surface area contributed by atoms with E-state index in [1.54, 1.807) is 11.3 Å². The number of ether oxygens (including phenoxy) is 1. The molecule has 1 aliphatic rings. The lowest BCUT2D eigenvalue weighted by Crippen LogP contribution is -2.40. The molecule has 5 heteroatoms. The molecule has 1 fully saturated rings. The Morgan fingerprint density at radius 3 is 2.54 bits per heavy atom. The fourth-order valence-electron chi connectivity index (χ4n) is 3.37. The molecular weight excluding hydrogens is 344 g/mol. The smallest absolute Gasteiger partial charge is 0.258 e. The van der Waals surface area contributed by atoms with Crippen molar-refractivity contribution in [3.8, 4) is 5.75 Å². The standard InChI is InChI=1S/C21H28N2O2S/c1-17-6-8-19(9-7-17)25-15-21(24)22-14-20(18-10-13-26-16-18)23-11-4-2-3-5-12-23/h6-10,13,16,20H,2-5,11-12,14-15H2,1H3,(H,22,24). The van der Waals surface area contributed by atoms with Crippen molar-refractivity contribution >= 4 is 17.2 Å². The third-order valence-electron chi connectivity index (χ3n) is 4.89. The summed E-state index contributed by atoms with van der Waals surface area (Å²) in [5, 5.41) is 7.38. The van der Waals surface area contributed by atoms with Gasteiger partial charge in [0.2, 0.25) is 0 Å². The number of amides is 1. The van der Waals surface area contributed by atoms with Crippen LogP contribution in [0.3, 0.4) is 0 Å². The second-order valence-corrected chi connectivity index (χ2v) is 7.71. The number of hydrogen-bond acceptors (Lipinski definition) is 4. The van der Waals surface area contributed by atoms with Crippen LogP contribution < -0.4 is 10.1 Å². The monoisotopic (exact) mass is 372 g/mol. The maximum atomic E-state index is 12.3. The van der Waals surface area contributed by atoms with Gasteiger partial charge >= 0.3 is 0 Å². The lowest BCUT2D eigenvalue weighted by atomic mass is 10.1. The molecule has 2 aromatic rings. The molecule has 1 saturated heterocycles. The number of hydrogen-bond donors (Lipinski definition) is 1. The topological polar surface area (TPSA) is 41.6 Å². The van der Waals surface area contributed by atoms with Crippen LogP contribution in [-0.2, 0) is 4.79 Å². The van der Waals surface area contributed by atoms with Gasteiger partial charge in [0.05, 0.1) is 6.04 Å². The lowest BCUT2D eigenvalue weighted by molar-refractivity contribution is -0.123. The van der Waals surface area contributed by atoms with E-state index in [9.17, 15) is 4.79 Å². The quantitative estimate of drug-likeness (QED) is 0.793. The molecule has 1 aliphatic heterocycles. The van der Waals surface area contributed by atoms with Gasteiger partial charge in [-0.1, -0.05) is 30.5 Å². The van der Waals surface area contributed by atoms with Crippen molar-refractivity contribution < 1.29 is 9.53 Å². The molecular formula is C21H28N2O2S. The fraction of sp³-hybridized carbons (Fsp3) is 0.476. The van der Waals surface area contributed by atoms with E-state index in [4.69, 9.17) is 4.74 Å². The Bertz CT molecular complexity index is 662. The normalized spacial score (nSPS) is 16.7. The lowest BCUT2D eigenvalue weighted by Gasteiger charge is -2.30. The molecule has 26 heavy (non-hydrogen) atoms. The molecule has 4 nitrogen and oxygen atoms in total. The maximum Gasteiger partial charge on any atom is 0.258 e. The molecule has 2 heterocycles. The first-order valence-electron chi connectivity index (χ1n) is 9.45. The van der Waals surface area contributed by atoms with Gasteiger partial charge in [0.15, 0.2) is 6.61 Å². The second kappa shape index (κ2) is 9.74. The second-order valence-electron chi connectivity index (χ2n) is 6.93. The average molecular weight is 373 g/mol. The highest BCUT2D eigenvalue weighted by Gasteiger charge is 2.22. The molecule has 1 unspecified atom stereocenters. The van der Waals surface area contributed by atoms with Crippen molar-refractivity contribution in [3.05, 3.63) is 52.2 Å². The number of nitrogens with one attached hydrogen (secondary N) is 1. The summed E-state index contributed by atoms with van der Waals surface area (Å²) in [4.78, 5) is 14.8. The van der Waals surface area contributed by atoms with Gasteiger partial charge in [0.25, 0.3) is 5.91 Å². The van der Waals surface area contributed by atoms with Gasteiger partial charge in [-0.3, -0.25) is 9.69 Å². The molecule has 1 amide bonds. The predicted molar refractivity (Wildman–Crippen MR) is 107 cm³/mol. The SMILES string of the molecule is Cc1ccc(OCC(=O)NCC(c2ccsc2)N2CCCCCC2)cc1. The number of thiophene rings is 1. The largest absolute Gasteiger partial charge is 0.484 e. The zero-order chi connectivity index (χ0) is 18.2. The van der Waals surface area contributed by atoms with Crippen molar-refractivity contribution in [2.24, 2.45) is 0 Å². The summed E-state index contributed by atoms with van der Waals surface area (Å²) >= 11 is 1.72. The highest BCUT2D eigenvalue weighted by molar-refractivity contribution is 7.07. The Kier molecular flexibility index (Phi) is 7.09. The molecule has 1 N–H and O–H groups in total. The molecule has 0 radical (unpaired) electrons. The fourth-order valence-corrected chi connectivity index (χ4v) is 4.08. The van der Waals surface area contributed by atoms with Crippen LogP contribution in [-0.4, -0.2) is 37.0 Å². The van der Waals surface area contributed by atoms with E-state index >= 15 is 0 Å². The summed E-state index contributed by atoms with van der Waals surface area (Å²) in [7, 11) is 0. The first-order chi connectivity index (χ1) is 12.7. The minimum atomic E-state index is -0.0689. The summed E-state index contributed by atoms with van der Waals surface area (Å²) < 4.78 is 5.59. The van der Waals surface area contributed by atoms with Gasteiger partial charge in [0.1, 0.15) is 5.75 Å². The van der Waals surface area contributed by atoms with E-state index in [0.29, 0.717) is 6.54 Å². The third-order valence-corrected chi connectivity index (χ3v) is 5.59. The van der Waals surface area contributed by atoms with Gasteiger partial charge < -0.3 is 10.1 Å². The van der Waals surface area contributed by atoms with Crippen LogP contribution in [0.25, 0.3) is 0 Å². The van der Waals surface area contributed by atoms with Gasteiger partial charge in [0, 0.05) is 6.54 Å². The molecule has 0 bridgehead atoms. The Labute approximate surface area is 160 Å². The van der Waals surface area contributed by atoms with E-state index in [0.717, 1.165) is 18.8 Å². The van der Waals surface area contributed by atoms with Crippen LogP contribution >= 0.6 is 11.3 Å². The number of nitrogens with zero attached hydrogens (tertiary/aromatic N) is 1. The van der Waals surface area contributed by atoms with E-state index in [1.165, 1.54) is 36.8 Å². The average Bonchev–Trinajstić information content (AvgIpc) is 3.04. The number of rotatable bonds is 7. The van der Waals surface area contributed by atoms with Crippen LogP contribution in [0.5, 0.6) is 5.75 Å². The van der Waals surface area contributed by atoms with Crippen molar-refractivity contribution in [1.29, 1.82) is 0 Å². The Hall–Kier alpha value is -1.85. The van der Waals surface area contributed by atoms with Crippen molar-refractivity contribution in [1.82, 2.24) is 10.2 Å².